The molecule has 0 aliphatic carbocycles. The molecule has 1 aliphatic heterocycles. The van der Waals surface area contributed by atoms with Gasteiger partial charge in [-0.1, -0.05) is 12.1 Å². The summed E-state index contributed by atoms with van der Waals surface area (Å²) in [6.07, 6.45) is 1.76. The van der Waals surface area contributed by atoms with Crippen LogP contribution in [0.15, 0.2) is 48.2 Å². The fraction of sp³-hybridized carbons (Fsp3) is 0.111. The Labute approximate surface area is 148 Å². The van der Waals surface area contributed by atoms with E-state index in [2.05, 4.69) is 27.9 Å². The van der Waals surface area contributed by atoms with Gasteiger partial charge in [-0.05, 0) is 64.6 Å². The van der Waals surface area contributed by atoms with Gasteiger partial charge in [0.2, 0.25) is 11.7 Å². The zero-order chi connectivity index (χ0) is 16.6. The summed E-state index contributed by atoms with van der Waals surface area (Å²) in [5.74, 6) is -0.289. The third kappa shape index (κ3) is 2.88. The Bertz CT molecular complexity index is 825. The van der Waals surface area contributed by atoms with Crippen molar-refractivity contribution in [2.24, 2.45) is 0 Å². The number of nitrogens with one attached hydrogen (secondary N) is 1. The van der Waals surface area contributed by atoms with E-state index in [4.69, 9.17) is 0 Å². The highest BCUT2D eigenvalue weighted by atomic mass is 127. The number of allylic oxidation sites excluding steroid dienone is 1. The van der Waals surface area contributed by atoms with E-state index in [0.717, 1.165) is 14.8 Å². The maximum Gasteiger partial charge on any atom is 0.228 e. The SMILES string of the molecule is CNc1ccc(/C=C2/C(=O)c3cc(I)ccc3N2C(C)=O)cc1. The molecule has 116 valence electrons. The molecule has 0 spiro atoms. The van der Waals surface area contributed by atoms with Crippen LogP contribution in [0.4, 0.5) is 11.4 Å². The summed E-state index contributed by atoms with van der Waals surface area (Å²) in [5.41, 5.74) is 3.49. The average Bonchev–Trinajstić information content (AvgIpc) is 2.81. The predicted molar refractivity (Wildman–Crippen MR) is 101 cm³/mol. The molecule has 1 aliphatic rings. The van der Waals surface area contributed by atoms with Crippen LogP contribution in [0.5, 0.6) is 0 Å². The molecular formula is C18H15IN2O2. The first kappa shape index (κ1) is 15.7. The highest BCUT2D eigenvalue weighted by Crippen LogP contribution is 2.36. The van der Waals surface area contributed by atoms with Crippen LogP contribution in [0, 0.1) is 3.57 Å². The fourth-order valence-electron chi connectivity index (χ4n) is 2.63. The van der Waals surface area contributed by atoms with Crippen molar-refractivity contribution in [2.45, 2.75) is 6.92 Å². The molecule has 2 aromatic carbocycles. The number of amides is 1. The molecule has 1 heterocycles. The lowest BCUT2D eigenvalue weighted by Gasteiger charge is -2.16. The second kappa shape index (κ2) is 6.16. The Hall–Kier alpha value is -2.15. The Kier molecular flexibility index (Phi) is 4.21. The van der Waals surface area contributed by atoms with Crippen molar-refractivity contribution in [3.05, 3.63) is 62.9 Å². The second-order valence-electron chi connectivity index (χ2n) is 5.25. The molecule has 0 bridgehead atoms. The number of hydrogen-bond donors (Lipinski definition) is 1. The Balaban J connectivity index is 2.09. The molecule has 1 amide bonds. The number of anilines is 2. The van der Waals surface area contributed by atoms with Crippen LogP contribution < -0.4 is 10.2 Å². The van der Waals surface area contributed by atoms with Crippen LogP contribution in [-0.2, 0) is 4.79 Å². The first-order valence-electron chi connectivity index (χ1n) is 7.15. The van der Waals surface area contributed by atoms with Crippen molar-refractivity contribution in [2.75, 3.05) is 17.3 Å². The number of benzene rings is 2. The van der Waals surface area contributed by atoms with Gasteiger partial charge in [-0.25, -0.2) is 0 Å². The molecule has 4 nitrogen and oxygen atoms in total. The number of rotatable bonds is 2. The van der Waals surface area contributed by atoms with E-state index in [1.54, 1.807) is 6.08 Å². The lowest BCUT2D eigenvalue weighted by Crippen LogP contribution is -2.25. The molecular weight excluding hydrogens is 403 g/mol. The van der Waals surface area contributed by atoms with Gasteiger partial charge < -0.3 is 5.32 Å². The first-order valence-corrected chi connectivity index (χ1v) is 8.23. The van der Waals surface area contributed by atoms with Crippen molar-refractivity contribution in [1.29, 1.82) is 0 Å². The largest absolute Gasteiger partial charge is 0.388 e. The smallest absolute Gasteiger partial charge is 0.228 e. The lowest BCUT2D eigenvalue weighted by atomic mass is 10.1. The number of nitrogens with zero attached hydrogens (tertiary/aromatic N) is 1. The zero-order valence-electron chi connectivity index (χ0n) is 12.8. The van der Waals surface area contributed by atoms with Crippen molar-refractivity contribution >= 4 is 51.7 Å². The third-order valence-electron chi connectivity index (χ3n) is 3.74. The van der Waals surface area contributed by atoms with Crippen molar-refractivity contribution < 1.29 is 9.59 Å². The average molecular weight is 418 g/mol. The molecule has 3 rings (SSSR count). The summed E-state index contributed by atoms with van der Waals surface area (Å²) in [5, 5.41) is 3.05. The van der Waals surface area contributed by atoms with E-state index in [1.807, 2.05) is 49.5 Å². The van der Waals surface area contributed by atoms with E-state index in [9.17, 15) is 9.59 Å². The summed E-state index contributed by atoms with van der Waals surface area (Å²) in [4.78, 5) is 26.3. The van der Waals surface area contributed by atoms with Crippen LogP contribution in [0.2, 0.25) is 0 Å². The Morgan fingerprint density at radius 3 is 2.48 bits per heavy atom. The molecule has 0 saturated heterocycles. The maximum absolute atomic E-state index is 12.7. The summed E-state index contributed by atoms with van der Waals surface area (Å²) in [7, 11) is 1.85. The van der Waals surface area contributed by atoms with Gasteiger partial charge in [0.15, 0.2) is 0 Å². The fourth-order valence-corrected chi connectivity index (χ4v) is 3.12. The minimum absolute atomic E-state index is 0.119. The van der Waals surface area contributed by atoms with Gasteiger partial charge in [-0.3, -0.25) is 14.5 Å². The van der Waals surface area contributed by atoms with Gasteiger partial charge in [0.1, 0.15) is 0 Å². The van der Waals surface area contributed by atoms with E-state index in [0.29, 0.717) is 16.9 Å². The molecule has 0 saturated carbocycles. The molecule has 0 fully saturated rings. The van der Waals surface area contributed by atoms with Gasteiger partial charge in [0.05, 0.1) is 11.4 Å². The minimum Gasteiger partial charge on any atom is -0.388 e. The quantitative estimate of drug-likeness (QED) is 0.594. The molecule has 5 heteroatoms. The number of fused-ring (bicyclic) bond motifs is 1. The molecule has 0 aromatic heterocycles. The molecule has 23 heavy (non-hydrogen) atoms. The molecule has 0 unspecified atom stereocenters. The van der Waals surface area contributed by atoms with Crippen molar-refractivity contribution in [1.82, 2.24) is 0 Å². The van der Waals surface area contributed by atoms with E-state index >= 15 is 0 Å². The Morgan fingerprint density at radius 2 is 1.87 bits per heavy atom. The summed E-state index contributed by atoms with van der Waals surface area (Å²) in [6, 6.07) is 13.2. The second-order valence-corrected chi connectivity index (χ2v) is 6.49. The number of ketones is 1. The van der Waals surface area contributed by atoms with Crippen LogP contribution in [0.1, 0.15) is 22.8 Å². The number of halogens is 1. The summed E-state index contributed by atoms with van der Waals surface area (Å²) in [6.45, 7) is 1.47. The Morgan fingerprint density at radius 1 is 1.17 bits per heavy atom. The molecule has 0 radical (unpaired) electrons. The van der Waals surface area contributed by atoms with Crippen LogP contribution in [-0.4, -0.2) is 18.7 Å². The summed E-state index contributed by atoms with van der Waals surface area (Å²) >= 11 is 2.16. The van der Waals surface area contributed by atoms with Crippen molar-refractivity contribution in [3.8, 4) is 0 Å². The van der Waals surface area contributed by atoms with Crippen LogP contribution in [0.3, 0.4) is 0 Å². The topological polar surface area (TPSA) is 49.4 Å². The summed E-state index contributed by atoms with van der Waals surface area (Å²) < 4.78 is 0.970. The third-order valence-corrected chi connectivity index (χ3v) is 4.41. The molecule has 1 N–H and O–H groups in total. The zero-order valence-corrected chi connectivity index (χ0v) is 14.9. The number of Topliss-reactive ketones (excluding diaryl/α,β-unsaturated/α-hetero) is 1. The standard InChI is InChI=1S/C18H15IN2O2/c1-11(22)21-16-8-5-13(19)10-15(16)18(23)17(21)9-12-3-6-14(20-2)7-4-12/h3-10,20H,1-2H3/b17-9-. The highest BCUT2D eigenvalue weighted by molar-refractivity contribution is 14.1. The lowest BCUT2D eigenvalue weighted by molar-refractivity contribution is -0.116. The van der Waals surface area contributed by atoms with E-state index in [1.165, 1.54) is 11.8 Å². The highest BCUT2D eigenvalue weighted by Gasteiger charge is 2.34. The predicted octanol–water partition coefficient (Wildman–Crippen LogP) is 3.92. The number of hydrogen-bond acceptors (Lipinski definition) is 3. The van der Waals surface area contributed by atoms with Gasteiger partial charge in [0.25, 0.3) is 0 Å². The maximum atomic E-state index is 12.7. The first-order chi connectivity index (χ1) is 11.0. The normalized spacial score (nSPS) is 15.0. The van der Waals surface area contributed by atoms with E-state index in [-0.39, 0.29) is 11.7 Å². The molecule has 0 atom stereocenters. The van der Waals surface area contributed by atoms with Crippen LogP contribution >= 0.6 is 22.6 Å². The monoisotopic (exact) mass is 418 g/mol. The van der Waals surface area contributed by atoms with Gasteiger partial charge in [0, 0.05) is 28.8 Å². The van der Waals surface area contributed by atoms with Gasteiger partial charge in [-0.15, -0.1) is 0 Å². The van der Waals surface area contributed by atoms with Crippen LogP contribution in [0.25, 0.3) is 6.08 Å². The van der Waals surface area contributed by atoms with Crippen molar-refractivity contribution in [3.63, 3.8) is 0 Å². The minimum atomic E-state index is -0.170. The molecule has 2 aromatic rings. The number of carbonyl (C=O) groups excluding carboxylic acids is 2. The van der Waals surface area contributed by atoms with Gasteiger partial charge >= 0.3 is 0 Å². The van der Waals surface area contributed by atoms with E-state index < -0.39 is 0 Å². The van der Waals surface area contributed by atoms with Gasteiger partial charge in [-0.2, -0.15) is 0 Å². The number of carbonyl (C=O) groups is 2.